The van der Waals surface area contributed by atoms with E-state index >= 15 is 0 Å². The molecule has 1 aromatic heterocycles. The van der Waals surface area contributed by atoms with Crippen LogP contribution in [0.5, 0.6) is 5.75 Å². The number of methoxy groups -OCH3 is 1. The maximum atomic E-state index is 12.6. The highest BCUT2D eigenvalue weighted by atomic mass is 19.4. The molecule has 33 heavy (non-hydrogen) atoms. The Hall–Kier alpha value is -3.49. The third kappa shape index (κ3) is 5.85. The van der Waals surface area contributed by atoms with E-state index < -0.39 is 30.4 Å². The first kappa shape index (κ1) is 24.2. The molecule has 176 valence electrons. The molecule has 1 amide bonds. The van der Waals surface area contributed by atoms with Gasteiger partial charge in [-0.25, -0.2) is 4.79 Å². The van der Waals surface area contributed by atoms with Crippen LogP contribution in [-0.2, 0) is 13.5 Å². The number of hydrogen-bond donors (Lipinski definition) is 2. The van der Waals surface area contributed by atoms with E-state index in [1.807, 2.05) is 17.8 Å². The number of nitrogens with one attached hydrogen (secondary N) is 1. The fourth-order valence-corrected chi connectivity index (χ4v) is 3.82. The standard InChI is InChI=1S/C24H25F3N2O4/c1-14(11-24(25,26)27)12-28-22(30)16-6-7-20-19(9-16)18(13-29(20)2)8-15-4-5-17(23(31)32)10-21(15)33-3/h4-7,9-10,13-14H,8,11-12H2,1-3H3,(H,28,30)(H,31,32)/t14-/m0/s1. The first-order valence-electron chi connectivity index (χ1n) is 10.3. The second-order valence-electron chi connectivity index (χ2n) is 8.14. The van der Waals surface area contributed by atoms with E-state index in [2.05, 4.69) is 5.32 Å². The molecule has 0 aliphatic heterocycles. The Labute approximate surface area is 189 Å². The fourth-order valence-electron chi connectivity index (χ4n) is 3.82. The predicted molar refractivity (Wildman–Crippen MR) is 118 cm³/mol. The van der Waals surface area contributed by atoms with Crippen molar-refractivity contribution in [3.05, 3.63) is 64.8 Å². The number of alkyl halides is 3. The zero-order valence-corrected chi connectivity index (χ0v) is 18.5. The monoisotopic (exact) mass is 462 g/mol. The van der Waals surface area contributed by atoms with Crippen molar-refractivity contribution in [2.75, 3.05) is 13.7 Å². The molecule has 0 radical (unpaired) electrons. The summed E-state index contributed by atoms with van der Waals surface area (Å²) in [5.74, 6) is -1.78. The molecule has 1 heterocycles. The van der Waals surface area contributed by atoms with Gasteiger partial charge in [-0.05, 0) is 47.4 Å². The van der Waals surface area contributed by atoms with Gasteiger partial charge in [0.2, 0.25) is 0 Å². The molecular formula is C24H25F3N2O4. The van der Waals surface area contributed by atoms with Crippen LogP contribution in [0, 0.1) is 5.92 Å². The van der Waals surface area contributed by atoms with Crippen LogP contribution in [0.4, 0.5) is 13.2 Å². The average molecular weight is 462 g/mol. The summed E-state index contributed by atoms with van der Waals surface area (Å²) >= 11 is 0. The summed E-state index contributed by atoms with van der Waals surface area (Å²) in [4.78, 5) is 23.8. The first-order chi connectivity index (χ1) is 15.5. The van der Waals surface area contributed by atoms with Gasteiger partial charge in [0, 0.05) is 49.1 Å². The average Bonchev–Trinajstić information content (AvgIpc) is 3.05. The molecule has 0 unspecified atom stereocenters. The number of carbonyl (C=O) groups excluding carboxylic acids is 1. The number of fused-ring (bicyclic) bond motifs is 1. The van der Waals surface area contributed by atoms with Crippen molar-refractivity contribution in [2.24, 2.45) is 13.0 Å². The number of ether oxygens (including phenoxy) is 1. The summed E-state index contributed by atoms with van der Waals surface area (Å²) in [6.07, 6.45) is -2.88. The van der Waals surface area contributed by atoms with E-state index in [0.29, 0.717) is 17.7 Å². The zero-order chi connectivity index (χ0) is 24.3. The Morgan fingerprint density at radius 3 is 2.45 bits per heavy atom. The number of rotatable bonds is 8. The highest BCUT2D eigenvalue weighted by Crippen LogP contribution is 2.29. The maximum absolute atomic E-state index is 12.6. The van der Waals surface area contributed by atoms with Crippen LogP contribution in [0.2, 0.25) is 0 Å². The summed E-state index contributed by atoms with van der Waals surface area (Å²) in [7, 11) is 3.34. The van der Waals surface area contributed by atoms with Crippen molar-refractivity contribution in [2.45, 2.75) is 25.9 Å². The quantitative estimate of drug-likeness (QED) is 0.504. The van der Waals surface area contributed by atoms with E-state index in [9.17, 15) is 27.9 Å². The van der Waals surface area contributed by atoms with E-state index in [1.54, 1.807) is 24.3 Å². The largest absolute Gasteiger partial charge is 0.496 e. The van der Waals surface area contributed by atoms with Gasteiger partial charge in [0.15, 0.2) is 0 Å². The molecule has 0 aliphatic carbocycles. The van der Waals surface area contributed by atoms with Gasteiger partial charge in [0.05, 0.1) is 12.7 Å². The number of hydrogen-bond acceptors (Lipinski definition) is 3. The van der Waals surface area contributed by atoms with Crippen LogP contribution >= 0.6 is 0 Å². The lowest BCUT2D eigenvalue weighted by atomic mass is 10.0. The number of carbonyl (C=O) groups is 2. The Balaban J connectivity index is 1.84. The number of carboxylic acids is 1. The fraction of sp³-hybridized carbons (Fsp3) is 0.333. The molecular weight excluding hydrogens is 437 g/mol. The van der Waals surface area contributed by atoms with Gasteiger partial charge < -0.3 is 19.7 Å². The number of aryl methyl sites for hydroxylation is 1. The number of benzene rings is 2. The Kier molecular flexibility index (Phi) is 7.00. The van der Waals surface area contributed by atoms with Gasteiger partial charge in [-0.2, -0.15) is 13.2 Å². The third-order valence-electron chi connectivity index (χ3n) is 5.44. The molecule has 0 saturated carbocycles. The zero-order valence-electron chi connectivity index (χ0n) is 18.5. The van der Waals surface area contributed by atoms with Gasteiger partial charge in [0.1, 0.15) is 5.75 Å². The summed E-state index contributed by atoms with van der Waals surface area (Å²) in [5, 5.41) is 12.6. The topological polar surface area (TPSA) is 80.6 Å². The van der Waals surface area contributed by atoms with Crippen molar-refractivity contribution in [1.29, 1.82) is 0 Å². The number of nitrogens with zero attached hydrogens (tertiary/aromatic N) is 1. The van der Waals surface area contributed by atoms with E-state index in [4.69, 9.17) is 4.74 Å². The number of aromatic nitrogens is 1. The normalized spacial score (nSPS) is 12.5. The number of halogens is 3. The van der Waals surface area contributed by atoms with Crippen molar-refractivity contribution >= 4 is 22.8 Å². The molecule has 0 saturated heterocycles. The van der Waals surface area contributed by atoms with Gasteiger partial charge in [-0.3, -0.25) is 4.79 Å². The van der Waals surface area contributed by atoms with Crippen molar-refractivity contribution < 1.29 is 32.6 Å². The van der Waals surface area contributed by atoms with Crippen LogP contribution in [0.3, 0.4) is 0 Å². The van der Waals surface area contributed by atoms with Gasteiger partial charge in [-0.15, -0.1) is 0 Å². The molecule has 1 atom stereocenters. The summed E-state index contributed by atoms with van der Waals surface area (Å²) in [6.45, 7) is 1.36. The maximum Gasteiger partial charge on any atom is 0.389 e. The van der Waals surface area contributed by atoms with Crippen LogP contribution in [0.25, 0.3) is 10.9 Å². The number of carboxylic acid groups (broad SMARTS) is 1. The number of aromatic carboxylic acids is 1. The summed E-state index contributed by atoms with van der Waals surface area (Å²) < 4.78 is 44.8. The Bertz CT molecular complexity index is 1180. The van der Waals surface area contributed by atoms with Crippen molar-refractivity contribution in [3.8, 4) is 5.75 Å². The summed E-state index contributed by atoms with van der Waals surface area (Å²) in [6, 6.07) is 9.80. The van der Waals surface area contributed by atoms with Gasteiger partial charge >= 0.3 is 12.1 Å². The first-order valence-corrected chi connectivity index (χ1v) is 10.3. The lowest BCUT2D eigenvalue weighted by molar-refractivity contribution is -0.142. The lowest BCUT2D eigenvalue weighted by Crippen LogP contribution is -2.30. The molecule has 0 aliphatic rings. The molecule has 0 fully saturated rings. The van der Waals surface area contributed by atoms with Crippen LogP contribution < -0.4 is 10.1 Å². The second kappa shape index (κ2) is 9.56. The minimum Gasteiger partial charge on any atom is -0.496 e. The lowest BCUT2D eigenvalue weighted by Gasteiger charge is -2.15. The van der Waals surface area contributed by atoms with E-state index in [1.165, 1.54) is 26.2 Å². The van der Waals surface area contributed by atoms with Gasteiger partial charge in [-0.1, -0.05) is 13.0 Å². The van der Waals surface area contributed by atoms with E-state index in [-0.39, 0.29) is 12.1 Å². The molecule has 9 heteroatoms. The van der Waals surface area contributed by atoms with E-state index in [0.717, 1.165) is 22.0 Å². The molecule has 0 bridgehead atoms. The third-order valence-corrected chi connectivity index (χ3v) is 5.44. The smallest absolute Gasteiger partial charge is 0.389 e. The Morgan fingerprint density at radius 1 is 1.12 bits per heavy atom. The predicted octanol–water partition coefficient (Wildman–Crippen LogP) is 4.79. The molecule has 3 aromatic rings. The van der Waals surface area contributed by atoms with Crippen LogP contribution in [-0.4, -0.2) is 41.4 Å². The molecule has 6 nitrogen and oxygen atoms in total. The minimum atomic E-state index is -4.27. The van der Waals surface area contributed by atoms with Gasteiger partial charge in [0.25, 0.3) is 5.91 Å². The van der Waals surface area contributed by atoms with Crippen molar-refractivity contribution in [3.63, 3.8) is 0 Å². The highest BCUT2D eigenvalue weighted by Gasteiger charge is 2.30. The summed E-state index contributed by atoms with van der Waals surface area (Å²) in [5.41, 5.74) is 3.03. The second-order valence-corrected chi connectivity index (χ2v) is 8.14. The molecule has 0 spiro atoms. The number of amides is 1. The minimum absolute atomic E-state index is 0.0782. The molecule has 3 rings (SSSR count). The highest BCUT2D eigenvalue weighted by molar-refractivity contribution is 5.99. The van der Waals surface area contributed by atoms with Crippen molar-refractivity contribution in [1.82, 2.24) is 9.88 Å². The van der Waals surface area contributed by atoms with Crippen LogP contribution in [0.15, 0.2) is 42.6 Å². The Morgan fingerprint density at radius 2 is 1.82 bits per heavy atom. The molecule has 2 N–H and O–H groups in total. The SMILES string of the molecule is COc1cc(C(=O)O)ccc1Cc1cn(C)c2ccc(C(=O)NC[C@@H](C)CC(F)(F)F)cc12. The van der Waals surface area contributed by atoms with Crippen LogP contribution in [0.1, 0.15) is 45.2 Å². The molecule has 2 aromatic carbocycles.